The first-order valence-corrected chi connectivity index (χ1v) is 10.7. The highest BCUT2D eigenvalue weighted by Crippen LogP contribution is 2.37. The molecule has 0 spiro atoms. The molecule has 4 nitrogen and oxygen atoms in total. The second-order valence-electron chi connectivity index (χ2n) is 8.16. The SMILES string of the molecule is CCCC(C)c1cccc(-n2c(=O)c(C(=O)C(F)(F)F)c(O)c3c4ccccc4ccc32)c1. The van der Waals surface area contributed by atoms with Crippen LogP contribution >= 0.6 is 0 Å². The molecule has 7 heteroatoms. The molecule has 0 amide bonds. The molecule has 0 bridgehead atoms. The number of fused-ring (bicyclic) bond motifs is 3. The summed E-state index contributed by atoms with van der Waals surface area (Å²) in [5, 5.41) is 11.9. The van der Waals surface area contributed by atoms with E-state index in [0.717, 1.165) is 23.0 Å². The van der Waals surface area contributed by atoms with Crippen molar-refractivity contribution < 1.29 is 23.1 Å². The van der Waals surface area contributed by atoms with Crippen LogP contribution in [0.5, 0.6) is 5.75 Å². The molecule has 1 unspecified atom stereocenters. The maximum Gasteiger partial charge on any atom is 0.455 e. The Balaban J connectivity index is 2.15. The highest BCUT2D eigenvalue weighted by Gasteiger charge is 2.43. The maximum atomic E-state index is 13.4. The summed E-state index contributed by atoms with van der Waals surface area (Å²) in [5.74, 6) is -3.16. The molecule has 1 aromatic heterocycles. The Morgan fingerprint density at radius 1 is 1.06 bits per heavy atom. The molecule has 170 valence electrons. The average Bonchev–Trinajstić information content (AvgIpc) is 2.78. The van der Waals surface area contributed by atoms with Gasteiger partial charge >= 0.3 is 6.18 Å². The number of Topliss-reactive ketones (excluding diaryl/α,β-unsaturated/α-hetero) is 1. The number of aromatic hydroxyl groups is 1. The minimum absolute atomic E-state index is 0.0207. The molecule has 0 fully saturated rings. The van der Waals surface area contributed by atoms with Gasteiger partial charge in [-0.15, -0.1) is 0 Å². The van der Waals surface area contributed by atoms with E-state index in [9.17, 15) is 27.9 Å². The van der Waals surface area contributed by atoms with Crippen molar-refractivity contribution in [1.82, 2.24) is 4.57 Å². The molecule has 0 radical (unpaired) electrons. The van der Waals surface area contributed by atoms with Crippen molar-refractivity contribution in [2.45, 2.75) is 38.8 Å². The number of aromatic nitrogens is 1. The van der Waals surface area contributed by atoms with Crippen molar-refractivity contribution in [2.24, 2.45) is 0 Å². The fourth-order valence-corrected chi connectivity index (χ4v) is 4.32. The summed E-state index contributed by atoms with van der Waals surface area (Å²) in [6, 6.07) is 17.1. The van der Waals surface area contributed by atoms with Gasteiger partial charge < -0.3 is 5.11 Å². The number of rotatable bonds is 5. The molecule has 4 rings (SSSR count). The van der Waals surface area contributed by atoms with Gasteiger partial charge in [-0.1, -0.05) is 62.7 Å². The average molecular weight is 453 g/mol. The number of pyridine rings is 1. The van der Waals surface area contributed by atoms with Gasteiger partial charge in [-0.05, 0) is 46.9 Å². The van der Waals surface area contributed by atoms with Crippen LogP contribution in [-0.2, 0) is 0 Å². The van der Waals surface area contributed by atoms with Crippen LogP contribution < -0.4 is 5.56 Å². The van der Waals surface area contributed by atoms with E-state index in [-0.39, 0.29) is 16.8 Å². The lowest BCUT2D eigenvalue weighted by atomic mass is 9.96. The summed E-state index contributed by atoms with van der Waals surface area (Å²) in [7, 11) is 0. The molecule has 4 aromatic rings. The van der Waals surface area contributed by atoms with Crippen molar-refractivity contribution in [3.63, 3.8) is 0 Å². The van der Waals surface area contributed by atoms with Gasteiger partial charge in [-0.2, -0.15) is 13.2 Å². The summed E-state index contributed by atoms with van der Waals surface area (Å²) in [6.45, 7) is 4.09. The van der Waals surface area contributed by atoms with Crippen molar-refractivity contribution in [2.75, 3.05) is 0 Å². The second kappa shape index (κ2) is 8.39. The van der Waals surface area contributed by atoms with Crippen LogP contribution in [0.1, 0.15) is 48.5 Å². The minimum Gasteiger partial charge on any atom is -0.506 e. The molecule has 1 N–H and O–H groups in total. The molecule has 3 aromatic carbocycles. The Hall–Kier alpha value is -3.61. The first-order chi connectivity index (χ1) is 15.6. The summed E-state index contributed by atoms with van der Waals surface area (Å²) in [5.41, 5.74) is -1.02. The topological polar surface area (TPSA) is 59.3 Å². The number of benzene rings is 3. The van der Waals surface area contributed by atoms with E-state index in [1.165, 1.54) is 0 Å². The number of ketones is 1. The number of alkyl halides is 3. The van der Waals surface area contributed by atoms with Crippen LogP contribution in [0.4, 0.5) is 13.2 Å². The van der Waals surface area contributed by atoms with Crippen LogP contribution in [-0.4, -0.2) is 21.6 Å². The fraction of sp³-hybridized carbons (Fsp3) is 0.231. The van der Waals surface area contributed by atoms with Crippen molar-refractivity contribution in [1.29, 1.82) is 0 Å². The van der Waals surface area contributed by atoms with Gasteiger partial charge in [-0.3, -0.25) is 14.2 Å². The highest BCUT2D eigenvalue weighted by atomic mass is 19.4. The van der Waals surface area contributed by atoms with Crippen molar-refractivity contribution in [3.05, 3.63) is 82.1 Å². The molecule has 0 aliphatic rings. The fourth-order valence-electron chi connectivity index (χ4n) is 4.32. The lowest BCUT2D eigenvalue weighted by molar-refractivity contribution is -0.0887. The lowest BCUT2D eigenvalue weighted by Gasteiger charge is -2.18. The molecule has 0 saturated heterocycles. The van der Waals surface area contributed by atoms with Gasteiger partial charge in [0.05, 0.1) is 5.52 Å². The summed E-state index contributed by atoms with van der Waals surface area (Å²) < 4.78 is 41.3. The third-order valence-corrected chi connectivity index (χ3v) is 5.94. The largest absolute Gasteiger partial charge is 0.506 e. The normalized spacial score (nSPS) is 12.9. The zero-order valence-corrected chi connectivity index (χ0v) is 18.1. The highest BCUT2D eigenvalue weighted by molar-refractivity contribution is 6.14. The quantitative estimate of drug-likeness (QED) is 0.277. The summed E-state index contributed by atoms with van der Waals surface area (Å²) in [6.07, 6.45) is -3.47. The monoisotopic (exact) mass is 453 g/mol. The third-order valence-electron chi connectivity index (χ3n) is 5.94. The smallest absolute Gasteiger partial charge is 0.455 e. The van der Waals surface area contributed by atoms with Crippen LogP contribution in [0.25, 0.3) is 27.4 Å². The Morgan fingerprint density at radius 3 is 2.48 bits per heavy atom. The van der Waals surface area contributed by atoms with Crippen LogP contribution in [0.3, 0.4) is 0 Å². The van der Waals surface area contributed by atoms with E-state index >= 15 is 0 Å². The molecule has 1 atom stereocenters. The Kier molecular flexibility index (Phi) is 5.74. The number of carbonyl (C=O) groups is 1. The van der Waals surface area contributed by atoms with Gasteiger partial charge in [0.1, 0.15) is 11.3 Å². The van der Waals surface area contributed by atoms with E-state index in [1.54, 1.807) is 54.6 Å². The first-order valence-electron chi connectivity index (χ1n) is 10.7. The Bertz CT molecular complexity index is 1440. The van der Waals surface area contributed by atoms with Gasteiger partial charge in [0.25, 0.3) is 11.3 Å². The van der Waals surface area contributed by atoms with E-state index in [1.807, 2.05) is 13.0 Å². The van der Waals surface area contributed by atoms with E-state index in [0.29, 0.717) is 16.5 Å². The number of nitrogens with zero attached hydrogens (tertiary/aromatic N) is 1. The first kappa shape index (κ1) is 22.6. The second-order valence-corrected chi connectivity index (χ2v) is 8.16. The van der Waals surface area contributed by atoms with Crippen LogP contribution in [0.15, 0.2) is 65.5 Å². The molecule has 0 aliphatic heterocycles. The number of carbonyl (C=O) groups excluding carboxylic acids is 1. The van der Waals surface area contributed by atoms with E-state index < -0.39 is 28.8 Å². The number of halogens is 3. The molecule has 0 aliphatic carbocycles. The van der Waals surface area contributed by atoms with Crippen molar-refractivity contribution in [3.8, 4) is 11.4 Å². The minimum atomic E-state index is -5.32. The standard InChI is InChI=1S/C26H22F3NO3/c1-3-7-15(2)17-9-6-10-18(14-17)30-20-13-12-16-8-4-5-11-19(16)21(20)23(31)22(25(30)33)24(32)26(27,28)29/h4-6,8-15,31H,3,7H2,1-2H3. The zero-order valence-electron chi connectivity index (χ0n) is 18.1. The van der Waals surface area contributed by atoms with Gasteiger partial charge in [-0.25, -0.2) is 0 Å². The molecule has 1 heterocycles. The molecular weight excluding hydrogens is 431 g/mol. The predicted molar refractivity (Wildman–Crippen MR) is 122 cm³/mol. The van der Waals surface area contributed by atoms with E-state index in [2.05, 4.69) is 6.92 Å². The van der Waals surface area contributed by atoms with Crippen molar-refractivity contribution >= 4 is 27.5 Å². The zero-order chi connectivity index (χ0) is 23.9. The van der Waals surface area contributed by atoms with E-state index in [4.69, 9.17) is 0 Å². The van der Waals surface area contributed by atoms with Gasteiger partial charge in [0.2, 0.25) is 0 Å². The Morgan fingerprint density at radius 2 is 1.79 bits per heavy atom. The van der Waals surface area contributed by atoms with Crippen LogP contribution in [0.2, 0.25) is 0 Å². The molecule has 0 saturated carbocycles. The summed E-state index contributed by atoms with van der Waals surface area (Å²) in [4.78, 5) is 25.6. The Labute approximate surface area is 187 Å². The number of hydrogen-bond donors (Lipinski definition) is 1. The lowest BCUT2D eigenvalue weighted by Crippen LogP contribution is -2.33. The van der Waals surface area contributed by atoms with Gasteiger partial charge in [0, 0.05) is 11.1 Å². The summed E-state index contributed by atoms with van der Waals surface area (Å²) >= 11 is 0. The number of hydrogen-bond acceptors (Lipinski definition) is 3. The van der Waals surface area contributed by atoms with Crippen LogP contribution in [0, 0.1) is 0 Å². The molecular formula is C26H22F3NO3. The maximum absolute atomic E-state index is 13.4. The third kappa shape index (κ3) is 3.88. The van der Waals surface area contributed by atoms with Gasteiger partial charge in [0.15, 0.2) is 0 Å². The molecule has 33 heavy (non-hydrogen) atoms. The predicted octanol–water partition coefficient (Wildman–Crippen LogP) is 6.50.